The van der Waals surface area contributed by atoms with Gasteiger partial charge in [-0.1, -0.05) is 0 Å². The fourth-order valence-electron chi connectivity index (χ4n) is 0.779. The zero-order chi connectivity index (χ0) is 6.97. The SMILES string of the molecule is Br.Oc1noc2cnccc12. The van der Waals surface area contributed by atoms with Crippen molar-refractivity contribution >= 4 is 28.0 Å². The van der Waals surface area contributed by atoms with E-state index in [-0.39, 0.29) is 22.9 Å². The van der Waals surface area contributed by atoms with E-state index < -0.39 is 0 Å². The predicted molar refractivity (Wildman–Crippen MR) is 43.8 cm³/mol. The molecule has 4 nitrogen and oxygen atoms in total. The Kier molecular flexibility index (Phi) is 2.09. The molecule has 0 aromatic carbocycles. The number of nitrogens with zero attached hydrogens (tertiary/aromatic N) is 2. The summed E-state index contributed by atoms with van der Waals surface area (Å²) >= 11 is 0. The summed E-state index contributed by atoms with van der Waals surface area (Å²) in [6.45, 7) is 0. The van der Waals surface area contributed by atoms with Crippen LogP contribution in [0.1, 0.15) is 0 Å². The minimum absolute atomic E-state index is 0. The van der Waals surface area contributed by atoms with E-state index in [0.29, 0.717) is 11.0 Å². The van der Waals surface area contributed by atoms with Crippen molar-refractivity contribution in [2.24, 2.45) is 0 Å². The smallest absolute Gasteiger partial charge is 0.259 e. The molecule has 0 bridgehead atoms. The van der Waals surface area contributed by atoms with Crippen molar-refractivity contribution in [2.75, 3.05) is 0 Å². The van der Waals surface area contributed by atoms with Gasteiger partial charge in [0.25, 0.3) is 5.88 Å². The molecule has 5 heteroatoms. The average molecular weight is 217 g/mol. The number of rotatable bonds is 0. The highest BCUT2D eigenvalue weighted by Crippen LogP contribution is 2.20. The van der Waals surface area contributed by atoms with E-state index >= 15 is 0 Å². The number of hydrogen-bond acceptors (Lipinski definition) is 4. The van der Waals surface area contributed by atoms with Crippen molar-refractivity contribution < 1.29 is 9.63 Å². The predicted octanol–water partition coefficient (Wildman–Crippen LogP) is 1.51. The molecule has 0 spiro atoms. The van der Waals surface area contributed by atoms with Gasteiger partial charge in [-0.15, -0.1) is 17.0 Å². The lowest BCUT2D eigenvalue weighted by molar-refractivity contribution is 0.376. The minimum atomic E-state index is -0.0857. The molecule has 1 N–H and O–H groups in total. The van der Waals surface area contributed by atoms with Crippen molar-refractivity contribution in [1.82, 2.24) is 10.1 Å². The Morgan fingerprint density at radius 1 is 1.45 bits per heavy atom. The molecule has 0 amide bonds. The average Bonchev–Trinajstić information content (AvgIpc) is 2.34. The molecular weight excluding hydrogens is 212 g/mol. The van der Waals surface area contributed by atoms with Gasteiger partial charge in [-0.3, -0.25) is 4.98 Å². The molecule has 58 valence electrons. The van der Waals surface area contributed by atoms with Crippen LogP contribution < -0.4 is 0 Å². The Morgan fingerprint density at radius 3 is 3.00 bits per heavy atom. The molecule has 2 aromatic heterocycles. The van der Waals surface area contributed by atoms with Crippen LogP contribution in [-0.2, 0) is 0 Å². The van der Waals surface area contributed by atoms with Gasteiger partial charge in [-0.2, -0.15) is 0 Å². The summed E-state index contributed by atoms with van der Waals surface area (Å²) in [6.07, 6.45) is 3.07. The number of fused-ring (bicyclic) bond motifs is 1. The molecule has 2 heterocycles. The Hall–Kier alpha value is -1.10. The second kappa shape index (κ2) is 2.87. The van der Waals surface area contributed by atoms with Gasteiger partial charge < -0.3 is 9.63 Å². The summed E-state index contributed by atoms with van der Waals surface area (Å²) in [6, 6.07) is 1.64. The standard InChI is InChI=1S/C6H4N2O2.BrH/c9-6-4-1-2-7-3-5(4)10-8-6;/h1-3H,(H,8,9);1H. The van der Waals surface area contributed by atoms with Crippen LogP contribution in [0.15, 0.2) is 23.0 Å². The maximum Gasteiger partial charge on any atom is 0.259 e. The quantitative estimate of drug-likeness (QED) is 0.726. The third kappa shape index (κ3) is 1.19. The Bertz CT molecular complexity index is 360. The van der Waals surface area contributed by atoms with E-state index in [1.54, 1.807) is 12.3 Å². The number of pyridine rings is 1. The Morgan fingerprint density at radius 2 is 2.27 bits per heavy atom. The van der Waals surface area contributed by atoms with Crippen LogP contribution in [0.5, 0.6) is 5.88 Å². The monoisotopic (exact) mass is 216 g/mol. The van der Waals surface area contributed by atoms with E-state index in [1.807, 2.05) is 0 Å². The van der Waals surface area contributed by atoms with Gasteiger partial charge in [-0.25, -0.2) is 0 Å². The summed E-state index contributed by atoms with van der Waals surface area (Å²) < 4.78 is 4.69. The highest BCUT2D eigenvalue weighted by atomic mass is 79.9. The summed E-state index contributed by atoms with van der Waals surface area (Å²) in [5.41, 5.74) is 0.500. The van der Waals surface area contributed by atoms with Crippen molar-refractivity contribution in [3.8, 4) is 5.88 Å². The van der Waals surface area contributed by atoms with Crippen LogP contribution in [0.4, 0.5) is 0 Å². The van der Waals surface area contributed by atoms with Gasteiger partial charge >= 0.3 is 0 Å². The minimum Gasteiger partial charge on any atom is -0.491 e. The van der Waals surface area contributed by atoms with Crippen molar-refractivity contribution in [2.45, 2.75) is 0 Å². The molecule has 0 aliphatic rings. The van der Waals surface area contributed by atoms with Gasteiger partial charge in [-0.05, 0) is 11.2 Å². The van der Waals surface area contributed by atoms with Crippen molar-refractivity contribution in [3.63, 3.8) is 0 Å². The van der Waals surface area contributed by atoms with Crippen LogP contribution in [0.2, 0.25) is 0 Å². The summed E-state index contributed by atoms with van der Waals surface area (Å²) in [5, 5.41) is 12.9. The van der Waals surface area contributed by atoms with E-state index in [1.165, 1.54) is 6.20 Å². The molecule has 0 aliphatic heterocycles. The first-order valence-corrected chi connectivity index (χ1v) is 2.76. The van der Waals surface area contributed by atoms with Crippen molar-refractivity contribution in [3.05, 3.63) is 18.5 Å². The first kappa shape index (κ1) is 8.00. The van der Waals surface area contributed by atoms with E-state index in [0.717, 1.165) is 0 Å². The molecule has 0 unspecified atom stereocenters. The fraction of sp³-hybridized carbons (Fsp3) is 0. The molecular formula is C6H5BrN2O2. The third-order valence-electron chi connectivity index (χ3n) is 1.26. The highest BCUT2D eigenvalue weighted by Gasteiger charge is 2.03. The third-order valence-corrected chi connectivity index (χ3v) is 1.26. The van der Waals surface area contributed by atoms with Gasteiger partial charge in [0.15, 0.2) is 5.58 Å². The van der Waals surface area contributed by atoms with E-state index in [2.05, 4.69) is 14.7 Å². The Balaban J connectivity index is 0.000000605. The molecule has 0 atom stereocenters. The molecule has 2 aromatic rings. The van der Waals surface area contributed by atoms with Crippen LogP contribution in [0.3, 0.4) is 0 Å². The second-order valence-electron chi connectivity index (χ2n) is 1.88. The van der Waals surface area contributed by atoms with E-state index in [4.69, 9.17) is 5.11 Å². The van der Waals surface area contributed by atoms with Crippen LogP contribution in [0.25, 0.3) is 11.0 Å². The van der Waals surface area contributed by atoms with Gasteiger partial charge in [0.05, 0.1) is 11.6 Å². The Labute approximate surface area is 72.6 Å². The maximum absolute atomic E-state index is 8.98. The molecule has 11 heavy (non-hydrogen) atoms. The molecule has 2 rings (SSSR count). The first-order chi connectivity index (χ1) is 4.88. The lowest BCUT2D eigenvalue weighted by atomic mass is 10.3. The first-order valence-electron chi connectivity index (χ1n) is 2.76. The normalized spacial score (nSPS) is 9.45. The number of halogens is 1. The van der Waals surface area contributed by atoms with Crippen molar-refractivity contribution in [1.29, 1.82) is 0 Å². The molecule has 0 radical (unpaired) electrons. The topological polar surface area (TPSA) is 59.2 Å². The molecule has 0 fully saturated rings. The van der Waals surface area contributed by atoms with Crippen LogP contribution in [-0.4, -0.2) is 15.2 Å². The molecule has 0 saturated carbocycles. The highest BCUT2D eigenvalue weighted by molar-refractivity contribution is 8.93. The zero-order valence-electron chi connectivity index (χ0n) is 5.39. The molecule has 0 saturated heterocycles. The zero-order valence-corrected chi connectivity index (χ0v) is 7.10. The van der Waals surface area contributed by atoms with Crippen LogP contribution >= 0.6 is 17.0 Å². The summed E-state index contributed by atoms with van der Waals surface area (Å²) in [5.74, 6) is -0.0857. The van der Waals surface area contributed by atoms with Gasteiger partial charge in [0.2, 0.25) is 0 Å². The number of hydrogen-bond donors (Lipinski definition) is 1. The maximum atomic E-state index is 8.98. The molecule has 0 aliphatic carbocycles. The van der Waals surface area contributed by atoms with Gasteiger partial charge in [0.1, 0.15) is 0 Å². The summed E-state index contributed by atoms with van der Waals surface area (Å²) in [4.78, 5) is 3.78. The van der Waals surface area contributed by atoms with Gasteiger partial charge in [0, 0.05) is 6.20 Å². The van der Waals surface area contributed by atoms with Crippen LogP contribution in [0, 0.1) is 0 Å². The second-order valence-corrected chi connectivity index (χ2v) is 1.88. The largest absolute Gasteiger partial charge is 0.491 e. The lowest BCUT2D eigenvalue weighted by Gasteiger charge is -1.80. The fourth-order valence-corrected chi connectivity index (χ4v) is 0.779. The number of aromatic hydroxyl groups is 1. The summed E-state index contributed by atoms with van der Waals surface area (Å²) in [7, 11) is 0. The van der Waals surface area contributed by atoms with E-state index in [9.17, 15) is 0 Å². The lowest BCUT2D eigenvalue weighted by Crippen LogP contribution is -1.66. The number of aromatic nitrogens is 2.